The summed E-state index contributed by atoms with van der Waals surface area (Å²) in [5.74, 6) is 2.08. The number of benzene rings is 2. The third kappa shape index (κ3) is 2.48. The van der Waals surface area contributed by atoms with E-state index in [9.17, 15) is 4.79 Å². The molecule has 4 rings (SSSR count). The fourth-order valence-electron chi connectivity index (χ4n) is 2.64. The Hall–Kier alpha value is -3.28. The predicted octanol–water partition coefficient (Wildman–Crippen LogP) is 3.60. The lowest BCUT2D eigenvalue weighted by Gasteiger charge is -2.07. The van der Waals surface area contributed by atoms with Crippen LogP contribution >= 0.6 is 0 Å². The molecule has 0 aliphatic carbocycles. The van der Waals surface area contributed by atoms with E-state index in [1.165, 1.54) is 6.07 Å². The van der Waals surface area contributed by atoms with Gasteiger partial charge in [-0.25, -0.2) is 0 Å². The van der Waals surface area contributed by atoms with E-state index >= 15 is 0 Å². The lowest BCUT2D eigenvalue weighted by atomic mass is 10.1. The second kappa shape index (κ2) is 5.42. The quantitative estimate of drug-likeness (QED) is 0.556. The summed E-state index contributed by atoms with van der Waals surface area (Å²) in [5, 5.41) is 10.8. The highest BCUT2D eigenvalue weighted by Gasteiger charge is 2.15. The predicted molar refractivity (Wildman–Crippen MR) is 91.1 cm³/mol. The van der Waals surface area contributed by atoms with Gasteiger partial charge < -0.3 is 19.2 Å². The van der Waals surface area contributed by atoms with Gasteiger partial charge in [-0.1, -0.05) is 0 Å². The van der Waals surface area contributed by atoms with E-state index in [-0.39, 0.29) is 12.2 Å². The van der Waals surface area contributed by atoms with Crippen LogP contribution in [0.5, 0.6) is 11.5 Å². The maximum atomic E-state index is 12.4. The molecule has 24 heavy (non-hydrogen) atoms. The molecule has 0 bridgehead atoms. The summed E-state index contributed by atoms with van der Waals surface area (Å²) in [4.78, 5) is 12.4. The van der Waals surface area contributed by atoms with Gasteiger partial charge in [-0.3, -0.25) is 10.2 Å². The molecule has 3 aromatic rings. The number of hydrogen-bond donors (Lipinski definition) is 2. The first-order valence-corrected chi connectivity index (χ1v) is 7.40. The highest BCUT2D eigenvalue weighted by atomic mass is 16.7. The van der Waals surface area contributed by atoms with E-state index in [1.807, 2.05) is 6.07 Å². The Labute approximate surface area is 137 Å². The summed E-state index contributed by atoms with van der Waals surface area (Å²) in [6.07, 6.45) is 0. The number of nitrogens with one attached hydrogen (secondary N) is 2. The minimum Gasteiger partial charge on any atom is -0.456 e. The highest BCUT2D eigenvalue weighted by Crippen LogP contribution is 2.36. The molecule has 0 saturated carbocycles. The van der Waals surface area contributed by atoms with Crippen LogP contribution in [0, 0.1) is 5.41 Å². The first-order chi connectivity index (χ1) is 11.6. The number of fused-ring (bicyclic) bond motifs is 2. The zero-order valence-electron chi connectivity index (χ0n) is 12.9. The van der Waals surface area contributed by atoms with Crippen LogP contribution in [0.4, 0.5) is 5.69 Å². The second-order valence-electron chi connectivity index (χ2n) is 5.50. The van der Waals surface area contributed by atoms with E-state index in [2.05, 4.69) is 5.32 Å². The fraction of sp³-hybridized carbons (Fsp3) is 0.111. The largest absolute Gasteiger partial charge is 0.456 e. The van der Waals surface area contributed by atoms with Crippen molar-refractivity contribution in [3.05, 3.63) is 52.7 Å². The van der Waals surface area contributed by atoms with E-state index in [0.717, 1.165) is 5.56 Å². The van der Waals surface area contributed by atoms with Gasteiger partial charge >= 0.3 is 0 Å². The molecule has 0 atom stereocenters. The number of hydrogen-bond acceptors (Lipinski definition) is 5. The third-order valence-electron chi connectivity index (χ3n) is 3.72. The van der Waals surface area contributed by atoms with E-state index in [1.54, 1.807) is 37.3 Å². The lowest BCUT2D eigenvalue weighted by molar-refractivity contribution is 0.174. The Morgan fingerprint density at radius 2 is 1.92 bits per heavy atom. The summed E-state index contributed by atoms with van der Waals surface area (Å²) in [5.41, 5.74) is 1.77. The van der Waals surface area contributed by atoms with Crippen molar-refractivity contribution in [2.24, 2.45) is 0 Å². The van der Waals surface area contributed by atoms with Crippen molar-refractivity contribution >= 4 is 22.5 Å². The van der Waals surface area contributed by atoms with Gasteiger partial charge in [0.1, 0.15) is 11.3 Å². The Morgan fingerprint density at radius 3 is 2.75 bits per heavy atom. The van der Waals surface area contributed by atoms with Crippen LogP contribution in [0.15, 0.2) is 51.7 Å². The number of anilines is 1. The first kappa shape index (κ1) is 14.3. The molecule has 6 heteroatoms. The number of rotatable bonds is 2. The van der Waals surface area contributed by atoms with Crippen molar-refractivity contribution < 1.29 is 13.9 Å². The maximum Gasteiger partial charge on any atom is 0.231 e. The average Bonchev–Trinajstić information content (AvgIpc) is 3.02. The Balaban J connectivity index is 1.80. The minimum absolute atomic E-state index is 0.143. The summed E-state index contributed by atoms with van der Waals surface area (Å²) in [6.45, 7) is 1.83. The van der Waals surface area contributed by atoms with Gasteiger partial charge in [-0.2, -0.15) is 0 Å². The molecule has 0 unspecified atom stereocenters. The number of ether oxygens (including phenoxy) is 2. The lowest BCUT2D eigenvalue weighted by Crippen LogP contribution is -2.06. The normalized spacial score (nSPS) is 12.4. The van der Waals surface area contributed by atoms with Crippen LogP contribution in [-0.4, -0.2) is 12.6 Å². The first-order valence-electron chi connectivity index (χ1n) is 7.40. The monoisotopic (exact) mass is 322 g/mol. The average molecular weight is 322 g/mol. The molecule has 2 heterocycles. The maximum absolute atomic E-state index is 12.4. The molecule has 6 nitrogen and oxygen atoms in total. The Kier molecular flexibility index (Phi) is 3.23. The van der Waals surface area contributed by atoms with Crippen LogP contribution in [0.3, 0.4) is 0 Å². The van der Waals surface area contributed by atoms with Gasteiger partial charge in [0.05, 0.1) is 11.2 Å². The van der Waals surface area contributed by atoms with E-state index in [4.69, 9.17) is 19.3 Å². The van der Waals surface area contributed by atoms with Gasteiger partial charge in [-0.15, -0.1) is 0 Å². The Morgan fingerprint density at radius 1 is 1.08 bits per heavy atom. The summed E-state index contributed by atoms with van der Waals surface area (Å²) >= 11 is 0. The zero-order valence-corrected chi connectivity index (χ0v) is 12.9. The molecular formula is C18H14N2O4. The van der Waals surface area contributed by atoms with Crippen molar-refractivity contribution in [2.45, 2.75) is 6.92 Å². The molecule has 0 spiro atoms. The van der Waals surface area contributed by atoms with Crippen LogP contribution in [-0.2, 0) is 0 Å². The smallest absolute Gasteiger partial charge is 0.231 e. The summed E-state index contributed by atoms with van der Waals surface area (Å²) in [7, 11) is 0. The summed E-state index contributed by atoms with van der Waals surface area (Å²) in [6, 6.07) is 12.0. The summed E-state index contributed by atoms with van der Waals surface area (Å²) < 4.78 is 16.5. The molecule has 1 aliphatic rings. The molecule has 2 aromatic carbocycles. The standard InChI is InChI=1S/C18H14N2O4/c1-10(19)20-12-3-5-15-13(7-12)14(21)8-17(24-15)11-2-4-16-18(6-11)23-9-22-16/h2-8H,9H2,1H3,(H2,19,20). The molecule has 0 fully saturated rings. The molecular weight excluding hydrogens is 308 g/mol. The molecule has 0 amide bonds. The van der Waals surface area contributed by atoms with Crippen molar-refractivity contribution in [3.8, 4) is 22.8 Å². The van der Waals surface area contributed by atoms with E-state index in [0.29, 0.717) is 39.8 Å². The van der Waals surface area contributed by atoms with E-state index < -0.39 is 0 Å². The molecule has 2 N–H and O–H groups in total. The van der Waals surface area contributed by atoms with Gasteiger partial charge in [0.2, 0.25) is 6.79 Å². The molecule has 1 aliphatic heterocycles. The van der Waals surface area contributed by atoms with Gasteiger partial charge in [0.25, 0.3) is 0 Å². The number of amidine groups is 1. The van der Waals surface area contributed by atoms with Crippen molar-refractivity contribution in [1.82, 2.24) is 0 Å². The van der Waals surface area contributed by atoms with Crippen LogP contribution in [0.1, 0.15) is 6.92 Å². The molecule has 0 radical (unpaired) electrons. The van der Waals surface area contributed by atoms with Gasteiger partial charge in [0, 0.05) is 17.3 Å². The van der Waals surface area contributed by atoms with Crippen molar-refractivity contribution in [3.63, 3.8) is 0 Å². The van der Waals surface area contributed by atoms with Crippen molar-refractivity contribution in [1.29, 1.82) is 5.41 Å². The van der Waals surface area contributed by atoms with Crippen LogP contribution in [0.25, 0.3) is 22.3 Å². The van der Waals surface area contributed by atoms with Crippen LogP contribution < -0.4 is 20.2 Å². The van der Waals surface area contributed by atoms with Gasteiger partial charge in [0.15, 0.2) is 16.9 Å². The minimum atomic E-state index is -0.143. The highest BCUT2D eigenvalue weighted by molar-refractivity contribution is 5.93. The zero-order chi connectivity index (χ0) is 16.7. The topological polar surface area (TPSA) is 84.6 Å². The fourth-order valence-corrected chi connectivity index (χ4v) is 2.64. The Bertz CT molecular complexity index is 1020. The van der Waals surface area contributed by atoms with Crippen LogP contribution in [0.2, 0.25) is 0 Å². The SMILES string of the molecule is CC(=N)Nc1ccc2oc(-c3ccc4c(c3)OCO4)cc(=O)c2c1. The van der Waals surface area contributed by atoms with Crippen molar-refractivity contribution in [2.75, 3.05) is 12.1 Å². The molecule has 1 aromatic heterocycles. The molecule has 120 valence electrons. The third-order valence-corrected chi connectivity index (χ3v) is 3.72. The van der Waals surface area contributed by atoms with Gasteiger partial charge in [-0.05, 0) is 43.3 Å². The second-order valence-corrected chi connectivity index (χ2v) is 5.50. The molecule has 0 saturated heterocycles.